The second-order valence-electron chi connectivity index (χ2n) is 5.46. The number of nitrogens with one attached hydrogen (secondary N) is 1. The van der Waals surface area contributed by atoms with Gasteiger partial charge in [0.1, 0.15) is 0 Å². The van der Waals surface area contributed by atoms with Crippen molar-refractivity contribution in [2.24, 2.45) is 0 Å². The molecule has 116 valence electrons. The van der Waals surface area contributed by atoms with Gasteiger partial charge in [-0.25, -0.2) is 0 Å². The largest absolute Gasteiger partial charge is 0.362 e. The number of hydrogen-bond donors (Lipinski definition) is 1. The third-order valence-electron chi connectivity index (χ3n) is 3.72. The first kappa shape index (κ1) is 15.5. The first-order valence-electron chi connectivity index (χ1n) is 7.11. The van der Waals surface area contributed by atoms with Crippen LogP contribution < -0.4 is 5.32 Å². The van der Waals surface area contributed by atoms with E-state index < -0.39 is 5.60 Å². The van der Waals surface area contributed by atoms with E-state index in [2.05, 4.69) is 10.4 Å². The van der Waals surface area contributed by atoms with Gasteiger partial charge >= 0.3 is 0 Å². The Kier molecular flexibility index (Phi) is 4.32. The molecule has 0 aromatic carbocycles. The van der Waals surface area contributed by atoms with Gasteiger partial charge in [0, 0.05) is 31.8 Å². The normalized spacial score (nSPS) is 22.2. The Bertz CT molecular complexity index is 554. The third kappa shape index (κ3) is 3.24. The molecule has 1 saturated heterocycles. The van der Waals surface area contributed by atoms with E-state index in [1.165, 1.54) is 6.92 Å². The van der Waals surface area contributed by atoms with Gasteiger partial charge in [-0.1, -0.05) is 0 Å². The number of rotatable bonds is 3. The molecule has 0 bridgehead atoms. The lowest BCUT2D eigenvalue weighted by Crippen LogP contribution is -2.57. The Morgan fingerprint density at radius 2 is 2.24 bits per heavy atom. The van der Waals surface area contributed by atoms with Crippen LogP contribution in [0.5, 0.6) is 0 Å². The molecule has 1 aliphatic rings. The topological polar surface area (TPSA) is 76.5 Å². The van der Waals surface area contributed by atoms with E-state index in [4.69, 9.17) is 4.74 Å². The van der Waals surface area contributed by atoms with Crippen molar-refractivity contribution in [3.63, 3.8) is 0 Å². The number of hydrogen-bond acceptors (Lipinski definition) is 4. The number of ether oxygens (including phenoxy) is 1. The Balaban J connectivity index is 2.09. The second kappa shape index (κ2) is 5.85. The lowest BCUT2D eigenvalue weighted by Gasteiger charge is -2.38. The van der Waals surface area contributed by atoms with Crippen LogP contribution in [-0.4, -0.2) is 51.8 Å². The van der Waals surface area contributed by atoms with Gasteiger partial charge in [-0.15, -0.1) is 0 Å². The summed E-state index contributed by atoms with van der Waals surface area (Å²) in [5.41, 5.74) is -0.0683. The van der Waals surface area contributed by atoms with Gasteiger partial charge in [-0.2, -0.15) is 5.10 Å². The Labute approximate surface area is 124 Å². The highest BCUT2D eigenvalue weighted by molar-refractivity contribution is 5.97. The van der Waals surface area contributed by atoms with Crippen molar-refractivity contribution < 1.29 is 14.3 Å². The number of aryl methyl sites for hydroxylation is 2. The van der Waals surface area contributed by atoms with Gasteiger partial charge in [0.25, 0.3) is 5.91 Å². The average Bonchev–Trinajstić information content (AvgIpc) is 2.78. The highest BCUT2D eigenvalue weighted by atomic mass is 16.5. The average molecular weight is 294 g/mol. The summed E-state index contributed by atoms with van der Waals surface area (Å²) >= 11 is 0. The van der Waals surface area contributed by atoms with E-state index in [0.29, 0.717) is 19.0 Å². The molecule has 0 saturated carbocycles. The van der Waals surface area contributed by atoms with Gasteiger partial charge in [0.2, 0.25) is 5.91 Å². The van der Waals surface area contributed by atoms with Crippen LogP contribution in [0, 0.1) is 6.92 Å². The molecule has 2 rings (SSSR count). The fourth-order valence-electron chi connectivity index (χ4n) is 2.42. The van der Waals surface area contributed by atoms with Crippen LogP contribution in [0.3, 0.4) is 0 Å². The standard InChI is InChI=1S/C14H22N4O3/c1-5-18-10(2)8-12(16-18)15-13(20)14(4)9-17(11(3)19)6-7-21-14/h8H,5-7,9H2,1-4H3,(H,15,16,20). The van der Waals surface area contributed by atoms with Crippen molar-refractivity contribution in [1.82, 2.24) is 14.7 Å². The minimum absolute atomic E-state index is 0.0524. The van der Waals surface area contributed by atoms with Crippen molar-refractivity contribution in [2.75, 3.05) is 25.0 Å². The molecule has 1 N–H and O–H groups in total. The molecular formula is C14H22N4O3. The first-order valence-corrected chi connectivity index (χ1v) is 7.11. The monoisotopic (exact) mass is 294 g/mol. The number of morpholine rings is 1. The summed E-state index contributed by atoms with van der Waals surface area (Å²) in [4.78, 5) is 25.5. The zero-order valence-corrected chi connectivity index (χ0v) is 13.0. The summed E-state index contributed by atoms with van der Waals surface area (Å²) in [5, 5.41) is 7.07. The van der Waals surface area contributed by atoms with Crippen LogP contribution >= 0.6 is 0 Å². The minimum atomic E-state index is -1.05. The second-order valence-corrected chi connectivity index (χ2v) is 5.46. The van der Waals surface area contributed by atoms with Crippen LogP contribution in [-0.2, 0) is 20.9 Å². The fraction of sp³-hybridized carbons (Fsp3) is 0.643. The molecule has 0 radical (unpaired) electrons. The van der Waals surface area contributed by atoms with Gasteiger partial charge in [0.05, 0.1) is 13.2 Å². The lowest BCUT2D eigenvalue weighted by molar-refractivity contribution is -0.158. The summed E-state index contributed by atoms with van der Waals surface area (Å²) in [6.07, 6.45) is 0. The van der Waals surface area contributed by atoms with Crippen molar-refractivity contribution in [1.29, 1.82) is 0 Å². The summed E-state index contributed by atoms with van der Waals surface area (Å²) in [6, 6.07) is 1.82. The molecular weight excluding hydrogens is 272 g/mol. The van der Waals surface area contributed by atoms with Crippen molar-refractivity contribution in [3.8, 4) is 0 Å². The summed E-state index contributed by atoms with van der Waals surface area (Å²) < 4.78 is 7.41. The highest BCUT2D eigenvalue weighted by Gasteiger charge is 2.40. The van der Waals surface area contributed by atoms with E-state index in [0.717, 1.165) is 12.2 Å². The van der Waals surface area contributed by atoms with E-state index >= 15 is 0 Å². The number of carbonyl (C=O) groups is 2. The van der Waals surface area contributed by atoms with Crippen molar-refractivity contribution in [3.05, 3.63) is 11.8 Å². The zero-order valence-electron chi connectivity index (χ0n) is 13.0. The van der Waals surface area contributed by atoms with E-state index in [9.17, 15) is 9.59 Å². The van der Waals surface area contributed by atoms with E-state index in [-0.39, 0.29) is 18.4 Å². The molecule has 1 aromatic rings. The highest BCUT2D eigenvalue weighted by Crippen LogP contribution is 2.20. The maximum Gasteiger partial charge on any atom is 0.259 e. The summed E-state index contributed by atoms with van der Waals surface area (Å²) in [7, 11) is 0. The number of carbonyl (C=O) groups excluding carboxylic acids is 2. The molecule has 1 aromatic heterocycles. The molecule has 1 aliphatic heterocycles. The number of aromatic nitrogens is 2. The van der Waals surface area contributed by atoms with Gasteiger partial charge in [-0.3, -0.25) is 14.3 Å². The molecule has 7 nitrogen and oxygen atoms in total. The van der Waals surface area contributed by atoms with Crippen LogP contribution in [0.1, 0.15) is 26.5 Å². The van der Waals surface area contributed by atoms with Gasteiger partial charge in [-0.05, 0) is 20.8 Å². The minimum Gasteiger partial charge on any atom is -0.362 e. The maximum atomic E-state index is 12.4. The smallest absolute Gasteiger partial charge is 0.259 e. The van der Waals surface area contributed by atoms with Crippen LogP contribution in [0.2, 0.25) is 0 Å². The molecule has 1 unspecified atom stereocenters. The van der Waals surface area contributed by atoms with E-state index in [1.54, 1.807) is 11.8 Å². The van der Waals surface area contributed by atoms with Crippen LogP contribution in [0.25, 0.3) is 0 Å². The number of nitrogens with zero attached hydrogens (tertiary/aromatic N) is 3. The van der Waals surface area contributed by atoms with E-state index in [1.807, 2.05) is 24.6 Å². The molecule has 2 heterocycles. The fourth-order valence-corrected chi connectivity index (χ4v) is 2.42. The van der Waals surface area contributed by atoms with Crippen LogP contribution in [0.4, 0.5) is 5.82 Å². The molecule has 21 heavy (non-hydrogen) atoms. The molecule has 2 amide bonds. The summed E-state index contributed by atoms with van der Waals surface area (Å²) in [6.45, 7) is 8.98. The SMILES string of the molecule is CCn1nc(NC(=O)C2(C)CN(C(C)=O)CCO2)cc1C. The lowest BCUT2D eigenvalue weighted by atomic mass is 10.0. The Morgan fingerprint density at radius 1 is 1.52 bits per heavy atom. The molecule has 7 heteroatoms. The van der Waals surface area contributed by atoms with Crippen LogP contribution in [0.15, 0.2) is 6.07 Å². The molecule has 0 aliphatic carbocycles. The van der Waals surface area contributed by atoms with Crippen molar-refractivity contribution in [2.45, 2.75) is 39.8 Å². The molecule has 1 fully saturated rings. The Hall–Kier alpha value is -1.89. The van der Waals surface area contributed by atoms with Crippen molar-refractivity contribution >= 4 is 17.6 Å². The van der Waals surface area contributed by atoms with Gasteiger partial charge < -0.3 is 15.0 Å². The number of amides is 2. The zero-order chi connectivity index (χ0) is 15.6. The first-order chi connectivity index (χ1) is 9.85. The number of anilines is 1. The quantitative estimate of drug-likeness (QED) is 0.894. The molecule has 1 atom stereocenters. The van der Waals surface area contributed by atoms with Gasteiger partial charge in [0.15, 0.2) is 11.4 Å². The summed E-state index contributed by atoms with van der Waals surface area (Å²) in [5.74, 6) is 0.168. The third-order valence-corrected chi connectivity index (χ3v) is 3.72. The predicted octanol–water partition coefficient (Wildman–Crippen LogP) is 0.787. The predicted molar refractivity (Wildman–Crippen MR) is 77.9 cm³/mol. The Morgan fingerprint density at radius 3 is 2.81 bits per heavy atom. The maximum absolute atomic E-state index is 12.4. The molecule has 0 spiro atoms.